The molecule has 0 aliphatic carbocycles. The molecule has 0 radical (unpaired) electrons. The van der Waals surface area contributed by atoms with E-state index in [0.717, 1.165) is 10.4 Å². The van der Waals surface area contributed by atoms with E-state index in [2.05, 4.69) is 0 Å². The smallest absolute Gasteiger partial charge is 0.246 e. The van der Waals surface area contributed by atoms with Crippen molar-refractivity contribution in [2.45, 2.75) is 17.4 Å². The second kappa shape index (κ2) is 5.24. The molecule has 8 heteroatoms. The lowest BCUT2D eigenvalue weighted by molar-refractivity contribution is 0.180. The highest BCUT2D eigenvalue weighted by Gasteiger charge is 2.33. The van der Waals surface area contributed by atoms with Crippen LogP contribution in [0.2, 0.25) is 5.02 Å². The molecule has 0 saturated carbocycles. The van der Waals surface area contributed by atoms with Crippen molar-refractivity contribution in [3.05, 3.63) is 23.0 Å². The topological polar surface area (TPSA) is 72.6 Å². The highest BCUT2D eigenvalue weighted by atomic mass is 35.5. The molecule has 1 aromatic carbocycles. The minimum Gasteiger partial charge on any atom is -0.399 e. The summed E-state index contributed by atoms with van der Waals surface area (Å²) in [6.45, 7) is 0.790. The van der Waals surface area contributed by atoms with Gasteiger partial charge in [0.25, 0.3) is 0 Å². The summed E-state index contributed by atoms with van der Waals surface area (Å²) in [7, 11) is -2.59. The van der Waals surface area contributed by atoms with Gasteiger partial charge in [-0.15, -0.1) is 0 Å². The molecular formula is C11H14ClFN2O3S. The van der Waals surface area contributed by atoms with Crippen molar-refractivity contribution in [3.8, 4) is 0 Å². The molecule has 1 aromatic rings. The highest BCUT2D eigenvalue weighted by molar-refractivity contribution is 7.89. The van der Waals surface area contributed by atoms with E-state index in [0.29, 0.717) is 19.6 Å². The van der Waals surface area contributed by atoms with Crippen LogP contribution in [0.5, 0.6) is 0 Å². The Labute approximate surface area is 116 Å². The molecule has 1 unspecified atom stereocenters. The van der Waals surface area contributed by atoms with Crippen molar-refractivity contribution in [1.29, 1.82) is 0 Å². The molecule has 106 valence electrons. The molecule has 0 spiro atoms. The molecule has 2 rings (SSSR count). The SMILES string of the molecule is CN(C1CCOC1)S(=O)(=O)c1cc(N)cc(Cl)c1F. The number of rotatable bonds is 3. The minimum absolute atomic E-state index is 0.0982. The third-order valence-corrected chi connectivity index (χ3v) is 5.28. The number of nitrogens with two attached hydrogens (primary N) is 1. The fourth-order valence-corrected chi connectivity index (χ4v) is 3.71. The molecule has 1 aliphatic rings. The summed E-state index contributed by atoms with van der Waals surface area (Å²) < 4.78 is 44.9. The van der Waals surface area contributed by atoms with Gasteiger partial charge in [-0.25, -0.2) is 12.8 Å². The van der Waals surface area contributed by atoms with E-state index in [-0.39, 0.29) is 16.8 Å². The van der Waals surface area contributed by atoms with Crippen LogP contribution in [0.1, 0.15) is 6.42 Å². The third-order valence-electron chi connectivity index (χ3n) is 3.09. The maximum Gasteiger partial charge on any atom is 0.246 e. The average molecular weight is 309 g/mol. The number of halogens is 2. The fourth-order valence-electron chi connectivity index (χ4n) is 1.93. The van der Waals surface area contributed by atoms with Crippen molar-refractivity contribution in [2.75, 3.05) is 26.0 Å². The Morgan fingerprint density at radius 1 is 1.53 bits per heavy atom. The Kier molecular flexibility index (Phi) is 4.00. The van der Waals surface area contributed by atoms with E-state index in [1.807, 2.05) is 0 Å². The number of sulfonamides is 1. The summed E-state index contributed by atoms with van der Waals surface area (Å²) in [6.07, 6.45) is 0.577. The third kappa shape index (κ3) is 2.69. The van der Waals surface area contributed by atoms with Crippen LogP contribution in [-0.4, -0.2) is 39.0 Å². The molecule has 0 aromatic heterocycles. The fraction of sp³-hybridized carbons (Fsp3) is 0.455. The first-order chi connectivity index (χ1) is 8.84. The lowest BCUT2D eigenvalue weighted by Crippen LogP contribution is -2.37. The first-order valence-corrected chi connectivity index (χ1v) is 7.46. The van der Waals surface area contributed by atoms with Crippen LogP contribution >= 0.6 is 11.6 Å². The summed E-state index contributed by atoms with van der Waals surface area (Å²) in [5.41, 5.74) is 5.62. The molecule has 0 bridgehead atoms. The quantitative estimate of drug-likeness (QED) is 0.858. The van der Waals surface area contributed by atoms with Crippen molar-refractivity contribution in [1.82, 2.24) is 4.31 Å². The largest absolute Gasteiger partial charge is 0.399 e. The number of ether oxygens (including phenoxy) is 1. The van der Waals surface area contributed by atoms with Gasteiger partial charge in [-0.2, -0.15) is 4.31 Å². The summed E-state index contributed by atoms with van der Waals surface area (Å²) in [6, 6.07) is 1.95. The van der Waals surface area contributed by atoms with Crippen LogP contribution in [0, 0.1) is 5.82 Å². The Bertz CT molecular complexity index is 588. The van der Waals surface area contributed by atoms with Crippen LogP contribution in [0.3, 0.4) is 0 Å². The Morgan fingerprint density at radius 3 is 2.79 bits per heavy atom. The van der Waals surface area contributed by atoms with Gasteiger partial charge in [0, 0.05) is 19.3 Å². The predicted molar refractivity (Wildman–Crippen MR) is 70.0 cm³/mol. The number of anilines is 1. The van der Waals surface area contributed by atoms with E-state index in [1.165, 1.54) is 13.1 Å². The Hall–Kier alpha value is -0.890. The van der Waals surface area contributed by atoms with E-state index in [1.54, 1.807) is 0 Å². The number of nitrogen functional groups attached to an aromatic ring is 1. The van der Waals surface area contributed by atoms with E-state index in [9.17, 15) is 12.8 Å². The lowest BCUT2D eigenvalue weighted by atomic mass is 10.3. The maximum atomic E-state index is 13.9. The Morgan fingerprint density at radius 2 is 2.21 bits per heavy atom. The van der Waals surface area contributed by atoms with Crippen LogP contribution in [0.25, 0.3) is 0 Å². The van der Waals surface area contributed by atoms with Crippen molar-refractivity contribution in [2.24, 2.45) is 0 Å². The van der Waals surface area contributed by atoms with Gasteiger partial charge >= 0.3 is 0 Å². The number of hydrogen-bond donors (Lipinski definition) is 1. The summed E-state index contributed by atoms with van der Waals surface area (Å²) in [5.74, 6) is -0.985. The van der Waals surface area contributed by atoms with Gasteiger partial charge in [0.2, 0.25) is 10.0 Å². The molecular weight excluding hydrogens is 295 g/mol. The second-order valence-electron chi connectivity index (χ2n) is 4.35. The normalized spacial score (nSPS) is 20.1. The first kappa shape index (κ1) is 14.5. The zero-order valence-corrected chi connectivity index (χ0v) is 11.8. The molecule has 1 atom stereocenters. The molecule has 19 heavy (non-hydrogen) atoms. The zero-order chi connectivity index (χ0) is 14.2. The molecule has 2 N–H and O–H groups in total. The summed E-state index contributed by atoms with van der Waals surface area (Å²) in [5, 5.41) is -0.311. The van der Waals surface area contributed by atoms with Gasteiger partial charge in [-0.3, -0.25) is 0 Å². The van der Waals surface area contributed by atoms with Crippen molar-refractivity contribution >= 4 is 27.3 Å². The average Bonchev–Trinajstić information content (AvgIpc) is 2.86. The van der Waals surface area contributed by atoms with E-state index < -0.39 is 20.7 Å². The monoisotopic (exact) mass is 308 g/mol. The number of benzene rings is 1. The lowest BCUT2D eigenvalue weighted by Gasteiger charge is -2.23. The molecule has 1 fully saturated rings. The van der Waals surface area contributed by atoms with Gasteiger partial charge in [0.15, 0.2) is 5.82 Å². The molecule has 1 heterocycles. The van der Waals surface area contributed by atoms with Gasteiger partial charge in [-0.05, 0) is 18.6 Å². The van der Waals surface area contributed by atoms with Crippen LogP contribution in [-0.2, 0) is 14.8 Å². The van der Waals surface area contributed by atoms with Crippen molar-refractivity contribution in [3.63, 3.8) is 0 Å². The maximum absolute atomic E-state index is 13.9. The predicted octanol–water partition coefficient (Wildman–Crippen LogP) is 1.47. The number of nitrogens with zero attached hydrogens (tertiary/aromatic N) is 1. The molecule has 5 nitrogen and oxygen atoms in total. The molecule has 1 saturated heterocycles. The van der Waals surface area contributed by atoms with E-state index >= 15 is 0 Å². The van der Waals surface area contributed by atoms with Crippen LogP contribution in [0.4, 0.5) is 10.1 Å². The Balaban J connectivity index is 2.44. The number of hydrogen-bond acceptors (Lipinski definition) is 4. The molecule has 1 aliphatic heterocycles. The highest BCUT2D eigenvalue weighted by Crippen LogP contribution is 2.29. The standard InChI is InChI=1S/C11H14ClFN2O3S/c1-15(8-2-3-18-6-8)19(16,17)10-5-7(14)4-9(12)11(10)13/h4-5,8H,2-3,6,14H2,1H3. The van der Waals surface area contributed by atoms with Crippen LogP contribution < -0.4 is 5.73 Å². The van der Waals surface area contributed by atoms with Gasteiger partial charge in [0.1, 0.15) is 4.90 Å². The van der Waals surface area contributed by atoms with Gasteiger partial charge in [-0.1, -0.05) is 11.6 Å². The van der Waals surface area contributed by atoms with Crippen molar-refractivity contribution < 1.29 is 17.5 Å². The summed E-state index contributed by atoms with van der Waals surface area (Å²) >= 11 is 5.63. The zero-order valence-electron chi connectivity index (χ0n) is 10.3. The summed E-state index contributed by atoms with van der Waals surface area (Å²) in [4.78, 5) is -0.507. The first-order valence-electron chi connectivity index (χ1n) is 5.64. The van der Waals surface area contributed by atoms with E-state index in [4.69, 9.17) is 22.1 Å². The van der Waals surface area contributed by atoms with Crippen LogP contribution in [0.15, 0.2) is 17.0 Å². The molecule has 0 amide bonds. The number of likely N-dealkylation sites (N-methyl/N-ethyl adjacent to an activating group) is 1. The second-order valence-corrected chi connectivity index (χ2v) is 6.73. The van der Waals surface area contributed by atoms with Gasteiger partial charge in [0.05, 0.1) is 17.7 Å². The minimum atomic E-state index is -3.98. The van der Waals surface area contributed by atoms with Gasteiger partial charge < -0.3 is 10.5 Å².